The Morgan fingerprint density at radius 1 is 1.33 bits per heavy atom. The van der Waals surface area contributed by atoms with Crippen LogP contribution in [0, 0.1) is 0 Å². The maximum absolute atomic E-state index is 10.6. The molecular weight excluding hydrogens is 228 g/mol. The Kier molecular flexibility index (Phi) is 5.20. The number of hydrogen-bond donors (Lipinski definition) is 2. The molecule has 1 aromatic carbocycles. The third-order valence-electron chi connectivity index (χ3n) is 3.22. The number of rotatable bonds is 6. The first-order valence-electron chi connectivity index (χ1n) is 6.52. The number of carboxylic acid groups (broad SMARTS) is 1. The maximum atomic E-state index is 10.6. The van der Waals surface area contributed by atoms with Crippen LogP contribution < -0.4 is 0 Å². The van der Waals surface area contributed by atoms with Gasteiger partial charge in [0.1, 0.15) is 5.75 Å². The van der Waals surface area contributed by atoms with E-state index in [0.717, 1.165) is 23.1 Å². The lowest BCUT2D eigenvalue weighted by atomic mass is 9.90. The lowest BCUT2D eigenvalue weighted by Crippen LogP contribution is -2.02. The van der Waals surface area contributed by atoms with Crippen molar-refractivity contribution < 1.29 is 15.0 Å². The fraction of sp³-hybridized carbons (Fsp3) is 0.533. The summed E-state index contributed by atoms with van der Waals surface area (Å²) < 4.78 is 0. The Hall–Kier alpha value is -1.51. The highest BCUT2D eigenvalue weighted by Gasteiger charge is 2.14. The molecule has 1 aromatic rings. The normalized spacial score (nSPS) is 10.9. The van der Waals surface area contributed by atoms with E-state index in [4.69, 9.17) is 5.11 Å². The van der Waals surface area contributed by atoms with Gasteiger partial charge in [0, 0.05) is 6.42 Å². The molecule has 0 saturated heterocycles. The molecule has 0 heterocycles. The van der Waals surface area contributed by atoms with Gasteiger partial charge in [-0.1, -0.05) is 32.9 Å². The van der Waals surface area contributed by atoms with Crippen LogP contribution in [0.25, 0.3) is 0 Å². The summed E-state index contributed by atoms with van der Waals surface area (Å²) in [5, 5.41) is 18.9. The molecule has 3 heteroatoms. The van der Waals surface area contributed by atoms with Crippen molar-refractivity contribution in [2.45, 2.75) is 52.4 Å². The topological polar surface area (TPSA) is 57.5 Å². The summed E-state index contributed by atoms with van der Waals surface area (Å²) in [6.45, 7) is 6.17. The largest absolute Gasteiger partial charge is 0.507 e. The minimum Gasteiger partial charge on any atom is -0.507 e. The number of carboxylic acids is 1. The number of hydrogen-bond acceptors (Lipinski definition) is 2. The minimum absolute atomic E-state index is 0.146. The SMILES string of the molecule is CCc1ccc(C(C)C)c(CCCC(=O)O)c1O. The zero-order valence-corrected chi connectivity index (χ0v) is 11.4. The molecule has 3 nitrogen and oxygen atoms in total. The van der Waals surface area contributed by atoms with E-state index in [9.17, 15) is 9.90 Å². The van der Waals surface area contributed by atoms with Crippen LogP contribution in [0.3, 0.4) is 0 Å². The highest BCUT2D eigenvalue weighted by Crippen LogP contribution is 2.32. The molecule has 1 rings (SSSR count). The van der Waals surface area contributed by atoms with Crippen LogP contribution in [0.15, 0.2) is 12.1 Å². The smallest absolute Gasteiger partial charge is 0.303 e. The summed E-state index contributed by atoms with van der Waals surface area (Å²) in [6.07, 6.45) is 2.12. The van der Waals surface area contributed by atoms with E-state index in [1.165, 1.54) is 0 Å². The van der Waals surface area contributed by atoms with E-state index in [1.807, 2.05) is 13.0 Å². The summed E-state index contributed by atoms with van der Waals surface area (Å²) in [5.41, 5.74) is 2.98. The van der Waals surface area contributed by atoms with Gasteiger partial charge in [0.2, 0.25) is 0 Å². The molecule has 0 aliphatic carbocycles. The van der Waals surface area contributed by atoms with Gasteiger partial charge in [0.05, 0.1) is 0 Å². The molecule has 0 aliphatic rings. The van der Waals surface area contributed by atoms with Crippen molar-refractivity contribution >= 4 is 5.97 Å². The Morgan fingerprint density at radius 2 is 2.00 bits per heavy atom. The van der Waals surface area contributed by atoms with Crippen molar-refractivity contribution in [3.8, 4) is 5.75 Å². The first-order chi connectivity index (χ1) is 8.47. The summed E-state index contributed by atoms with van der Waals surface area (Å²) >= 11 is 0. The van der Waals surface area contributed by atoms with Crippen molar-refractivity contribution in [2.75, 3.05) is 0 Å². The number of aryl methyl sites for hydroxylation is 1. The number of benzene rings is 1. The van der Waals surface area contributed by atoms with Crippen LogP contribution in [0.4, 0.5) is 0 Å². The highest BCUT2D eigenvalue weighted by atomic mass is 16.4. The number of aromatic hydroxyl groups is 1. The van der Waals surface area contributed by atoms with Gasteiger partial charge >= 0.3 is 5.97 Å². The number of carbonyl (C=O) groups is 1. The van der Waals surface area contributed by atoms with Crippen molar-refractivity contribution in [1.82, 2.24) is 0 Å². The molecular formula is C15H22O3. The lowest BCUT2D eigenvalue weighted by Gasteiger charge is -2.16. The Labute approximate surface area is 108 Å². The molecule has 0 spiro atoms. The van der Waals surface area contributed by atoms with Gasteiger partial charge in [-0.25, -0.2) is 0 Å². The second kappa shape index (κ2) is 6.43. The first kappa shape index (κ1) is 14.6. The molecule has 0 aliphatic heterocycles. The molecule has 0 fully saturated rings. The average Bonchev–Trinajstić information content (AvgIpc) is 2.30. The van der Waals surface area contributed by atoms with E-state index in [0.29, 0.717) is 24.5 Å². The summed E-state index contributed by atoms with van der Waals surface area (Å²) in [4.78, 5) is 10.6. The molecule has 18 heavy (non-hydrogen) atoms. The molecule has 100 valence electrons. The number of phenols is 1. The fourth-order valence-corrected chi connectivity index (χ4v) is 2.21. The van der Waals surface area contributed by atoms with Crippen LogP contribution in [0.5, 0.6) is 5.75 Å². The standard InChI is InChI=1S/C15H22O3/c1-4-11-8-9-12(10(2)3)13(15(11)18)6-5-7-14(16)17/h8-10,18H,4-7H2,1-3H3,(H,16,17). The van der Waals surface area contributed by atoms with Crippen LogP contribution in [0.1, 0.15) is 56.2 Å². The van der Waals surface area contributed by atoms with Crippen LogP contribution in [-0.2, 0) is 17.6 Å². The van der Waals surface area contributed by atoms with Crippen LogP contribution >= 0.6 is 0 Å². The summed E-state index contributed by atoms with van der Waals surface area (Å²) in [6, 6.07) is 4.02. The van der Waals surface area contributed by atoms with Gasteiger partial charge in [-0.3, -0.25) is 4.79 Å². The molecule has 0 amide bonds. The predicted octanol–water partition coefficient (Wildman–Crippen LogP) is 3.49. The van der Waals surface area contributed by atoms with E-state index >= 15 is 0 Å². The van der Waals surface area contributed by atoms with Crippen molar-refractivity contribution in [1.29, 1.82) is 0 Å². The summed E-state index contributed by atoms with van der Waals surface area (Å²) in [5.74, 6) is -0.0945. The Morgan fingerprint density at radius 3 is 2.50 bits per heavy atom. The van der Waals surface area contributed by atoms with E-state index < -0.39 is 5.97 Å². The van der Waals surface area contributed by atoms with Gasteiger partial charge in [-0.05, 0) is 41.9 Å². The van der Waals surface area contributed by atoms with E-state index in [-0.39, 0.29) is 6.42 Å². The first-order valence-corrected chi connectivity index (χ1v) is 6.52. The molecule has 0 unspecified atom stereocenters. The van der Waals surface area contributed by atoms with Gasteiger partial charge in [0.15, 0.2) is 0 Å². The van der Waals surface area contributed by atoms with E-state index in [2.05, 4.69) is 19.9 Å². The lowest BCUT2D eigenvalue weighted by molar-refractivity contribution is -0.137. The van der Waals surface area contributed by atoms with Gasteiger partial charge in [-0.2, -0.15) is 0 Å². The Balaban J connectivity index is 3.00. The molecule has 0 atom stereocenters. The molecule has 0 aromatic heterocycles. The molecule has 0 saturated carbocycles. The Bertz CT molecular complexity index is 422. The third-order valence-corrected chi connectivity index (χ3v) is 3.22. The van der Waals surface area contributed by atoms with Crippen molar-refractivity contribution in [2.24, 2.45) is 0 Å². The monoisotopic (exact) mass is 250 g/mol. The average molecular weight is 250 g/mol. The maximum Gasteiger partial charge on any atom is 0.303 e. The highest BCUT2D eigenvalue weighted by molar-refractivity contribution is 5.66. The van der Waals surface area contributed by atoms with Crippen molar-refractivity contribution in [3.63, 3.8) is 0 Å². The quantitative estimate of drug-likeness (QED) is 0.812. The minimum atomic E-state index is -0.785. The van der Waals surface area contributed by atoms with Crippen LogP contribution in [0.2, 0.25) is 0 Å². The molecule has 0 radical (unpaired) electrons. The molecule has 0 bridgehead atoms. The zero-order valence-electron chi connectivity index (χ0n) is 11.4. The summed E-state index contributed by atoms with van der Waals surface area (Å²) in [7, 11) is 0. The predicted molar refractivity (Wildman–Crippen MR) is 72.1 cm³/mol. The fourth-order valence-electron chi connectivity index (χ4n) is 2.21. The second-order valence-corrected chi connectivity index (χ2v) is 4.90. The van der Waals surface area contributed by atoms with Gasteiger partial charge in [-0.15, -0.1) is 0 Å². The third kappa shape index (κ3) is 3.49. The van der Waals surface area contributed by atoms with E-state index in [1.54, 1.807) is 0 Å². The second-order valence-electron chi connectivity index (χ2n) is 4.90. The van der Waals surface area contributed by atoms with Crippen molar-refractivity contribution in [3.05, 3.63) is 28.8 Å². The number of aliphatic carboxylic acids is 1. The molecule has 2 N–H and O–H groups in total. The van der Waals surface area contributed by atoms with Gasteiger partial charge in [0.25, 0.3) is 0 Å². The van der Waals surface area contributed by atoms with Crippen LogP contribution in [-0.4, -0.2) is 16.2 Å². The zero-order chi connectivity index (χ0) is 13.7. The number of phenolic OH excluding ortho intramolecular Hbond substituents is 1. The van der Waals surface area contributed by atoms with Gasteiger partial charge < -0.3 is 10.2 Å².